The first kappa shape index (κ1) is 21.6. The molecule has 0 unspecified atom stereocenters. The van der Waals surface area contributed by atoms with E-state index in [1.807, 2.05) is 0 Å². The Kier molecular flexibility index (Phi) is 6.31. The summed E-state index contributed by atoms with van der Waals surface area (Å²) in [4.78, 5) is 12.6. The van der Waals surface area contributed by atoms with E-state index in [1.54, 1.807) is 0 Å². The van der Waals surface area contributed by atoms with Gasteiger partial charge in [0.2, 0.25) is 0 Å². The summed E-state index contributed by atoms with van der Waals surface area (Å²) in [5, 5.41) is 0. The van der Waals surface area contributed by atoms with Crippen molar-refractivity contribution in [2.45, 2.75) is 27.2 Å². The molecule has 2 saturated heterocycles. The normalized spacial score (nSPS) is 19.8. The number of pyridine rings is 1. The van der Waals surface area contributed by atoms with E-state index in [0.29, 0.717) is 0 Å². The highest BCUT2D eigenvalue weighted by Crippen LogP contribution is 2.36. The van der Waals surface area contributed by atoms with E-state index in [-0.39, 0.29) is 0 Å². The molecule has 0 saturated carbocycles. The molecule has 1 aromatic carbocycles. The summed E-state index contributed by atoms with van der Waals surface area (Å²) >= 11 is 0. The Morgan fingerprint density at radius 2 is 1.62 bits per heavy atom. The summed E-state index contributed by atoms with van der Waals surface area (Å²) in [6.07, 6.45) is 3.46. The molecular formula is C27H36N4O. The molecule has 2 aliphatic heterocycles. The van der Waals surface area contributed by atoms with E-state index in [4.69, 9.17) is 9.72 Å². The zero-order valence-corrected chi connectivity index (χ0v) is 19.9. The molecule has 0 radical (unpaired) electrons. The predicted octanol–water partition coefficient (Wildman–Crippen LogP) is 3.78. The Balaban J connectivity index is 1.38. The molecule has 0 bridgehead atoms. The van der Waals surface area contributed by atoms with Crippen LogP contribution in [0.15, 0.2) is 29.8 Å². The third kappa shape index (κ3) is 4.34. The Hall–Kier alpha value is -2.21. The van der Waals surface area contributed by atoms with Crippen molar-refractivity contribution in [3.63, 3.8) is 0 Å². The molecule has 32 heavy (non-hydrogen) atoms. The topological polar surface area (TPSA) is 31.8 Å². The summed E-state index contributed by atoms with van der Waals surface area (Å²) in [5.74, 6) is 0. The van der Waals surface area contributed by atoms with Gasteiger partial charge in [0, 0.05) is 68.3 Å². The lowest BCUT2D eigenvalue weighted by Gasteiger charge is -2.35. The first-order chi connectivity index (χ1) is 15.6. The first-order valence-corrected chi connectivity index (χ1v) is 12.2. The van der Waals surface area contributed by atoms with Crippen molar-refractivity contribution >= 4 is 11.8 Å². The summed E-state index contributed by atoms with van der Waals surface area (Å²) < 4.78 is 5.53. The molecule has 170 valence electrons. The van der Waals surface area contributed by atoms with E-state index in [9.17, 15) is 0 Å². The molecule has 3 heterocycles. The molecule has 3 aliphatic rings. The number of ether oxygens (including phenoxy) is 1. The lowest BCUT2D eigenvalue weighted by molar-refractivity contribution is 0.0422. The highest BCUT2D eigenvalue weighted by atomic mass is 16.5. The van der Waals surface area contributed by atoms with Crippen LogP contribution in [0, 0.1) is 13.8 Å². The van der Waals surface area contributed by atoms with Crippen LogP contribution in [0.2, 0.25) is 0 Å². The highest BCUT2D eigenvalue weighted by Gasteiger charge is 2.24. The Bertz CT molecular complexity index is 984. The van der Waals surface area contributed by atoms with Crippen LogP contribution in [-0.4, -0.2) is 80.4 Å². The molecule has 0 atom stereocenters. The van der Waals surface area contributed by atoms with Crippen LogP contribution in [0.4, 0.5) is 5.69 Å². The monoisotopic (exact) mass is 432 g/mol. The fourth-order valence-electron chi connectivity index (χ4n) is 5.26. The second-order valence-electron chi connectivity index (χ2n) is 9.40. The van der Waals surface area contributed by atoms with Crippen molar-refractivity contribution in [3.05, 3.63) is 52.2 Å². The fraction of sp³-hybridized carbons (Fsp3) is 0.519. The Labute approximate surface area is 192 Å². The molecule has 0 amide bonds. The Morgan fingerprint density at radius 1 is 0.906 bits per heavy atom. The maximum absolute atomic E-state index is 5.53. The van der Waals surface area contributed by atoms with Gasteiger partial charge in [-0.05, 0) is 50.1 Å². The number of piperazine rings is 1. The second kappa shape index (κ2) is 9.34. The second-order valence-corrected chi connectivity index (χ2v) is 9.40. The molecule has 5 heteroatoms. The average molecular weight is 433 g/mol. The standard InChI is InChI=1S/C27H36N4O/c1-4-29-9-11-31(12-10-29)24-7-5-23(6-8-24)27-26-18-22(19-30-13-15-32-16-14-30)17-25(26)20(2)21(3)28-27/h5-8,18H,4,9-17,19H2,1-3H3. The number of aromatic nitrogens is 1. The molecule has 1 aromatic heterocycles. The molecule has 0 N–H and O–H groups in total. The van der Waals surface area contributed by atoms with Gasteiger partial charge in [-0.3, -0.25) is 9.88 Å². The van der Waals surface area contributed by atoms with Gasteiger partial charge in [-0.25, -0.2) is 0 Å². The Morgan fingerprint density at radius 3 is 2.31 bits per heavy atom. The van der Waals surface area contributed by atoms with Crippen molar-refractivity contribution in [3.8, 4) is 11.3 Å². The number of hydrogen-bond donors (Lipinski definition) is 0. The predicted molar refractivity (Wildman–Crippen MR) is 132 cm³/mol. The molecule has 2 aromatic rings. The van der Waals surface area contributed by atoms with E-state index in [2.05, 4.69) is 65.8 Å². The van der Waals surface area contributed by atoms with Gasteiger partial charge in [-0.1, -0.05) is 30.7 Å². The van der Waals surface area contributed by atoms with Crippen molar-refractivity contribution in [1.29, 1.82) is 0 Å². The maximum Gasteiger partial charge on any atom is 0.0780 e. The summed E-state index contributed by atoms with van der Waals surface area (Å²) in [7, 11) is 0. The third-order valence-electron chi connectivity index (χ3n) is 7.46. The minimum atomic E-state index is 0.852. The molecule has 5 nitrogen and oxygen atoms in total. The van der Waals surface area contributed by atoms with Crippen LogP contribution in [-0.2, 0) is 11.2 Å². The van der Waals surface area contributed by atoms with Gasteiger partial charge < -0.3 is 14.5 Å². The van der Waals surface area contributed by atoms with Crippen molar-refractivity contribution in [1.82, 2.24) is 14.8 Å². The van der Waals surface area contributed by atoms with Crippen LogP contribution in [0.3, 0.4) is 0 Å². The average Bonchev–Trinajstić information content (AvgIpc) is 3.26. The lowest BCUT2D eigenvalue weighted by Crippen LogP contribution is -2.46. The number of fused-ring (bicyclic) bond motifs is 1. The van der Waals surface area contributed by atoms with Crippen LogP contribution in [0.1, 0.15) is 29.3 Å². The van der Waals surface area contributed by atoms with E-state index in [1.165, 1.54) is 33.5 Å². The number of anilines is 1. The van der Waals surface area contributed by atoms with Crippen LogP contribution in [0.5, 0.6) is 0 Å². The molecule has 5 rings (SSSR count). The van der Waals surface area contributed by atoms with Gasteiger partial charge in [-0.2, -0.15) is 0 Å². The van der Waals surface area contributed by atoms with Gasteiger partial charge in [0.1, 0.15) is 0 Å². The summed E-state index contributed by atoms with van der Waals surface area (Å²) in [6.45, 7) is 17.1. The number of morpholine rings is 1. The van der Waals surface area contributed by atoms with E-state index < -0.39 is 0 Å². The third-order valence-corrected chi connectivity index (χ3v) is 7.46. The largest absolute Gasteiger partial charge is 0.379 e. The van der Waals surface area contributed by atoms with E-state index >= 15 is 0 Å². The fourth-order valence-corrected chi connectivity index (χ4v) is 5.26. The first-order valence-electron chi connectivity index (χ1n) is 12.2. The van der Waals surface area contributed by atoms with Crippen LogP contribution >= 0.6 is 0 Å². The zero-order chi connectivity index (χ0) is 22.1. The number of rotatable bonds is 5. The summed E-state index contributed by atoms with van der Waals surface area (Å²) in [5.41, 5.74) is 10.5. The number of nitrogens with zero attached hydrogens (tertiary/aromatic N) is 4. The molecule has 2 fully saturated rings. The van der Waals surface area contributed by atoms with Gasteiger partial charge in [0.05, 0.1) is 18.9 Å². The quantitative estimate of drug-likeness (QED) is 0.718. The number of hydrogen-bond acceptors (Lipinski definition) is 5. The van der Waals surface area contributed by atoms with E-state index in [0.717, 1.165) is 83.4 Å². The van der Waals surface area contributed by atoms with Crippen LogP contribution < -0.4 is 4.90 Å². The highest BCUT2D eigenvalue weighted by molar-refractivity contribution is 5.80. The SMILES string of the molecule is CCN1CCN(c2ccc(-c3nc(C)c(C)c4c3C=C(CN3CCOCC3)C4)cc2)CC1. The maximum atomic E-state index is 5.53. The molecular weight excluding hydrogens is 396 g/mol. The molecule has 1 aliphatic carbocycles. The van der Waals surface area contributed by atoms with Gasteiger partial charge in [-0.15, -0.1) is 0 Å². The zero-order valence-electron chi connectivity index (χ0n) is 19.9. The minimum Gasteiger partial charge on any atom is -0.379 e. The van der Waals surface area contributed by atoms with Gasteiger partial charge in [0.15, 0.2) is 0 Å². The number of benzene rings is 1. The van der Waals surface area contributed by atoms with Gasteiger partial charge in [0.25, 0.3) is 0 Å². The smallest absolute Gasteiger partial charge is 0.0780 e. The number of aryl methyl sites for hydroxylation is 1. The lowest BCUT2D eigenvalue weighted by atomic mass is 9.97. The molecule has 0 spiro atoms. The van der Waals surface area contributed by atoms with Crippen molar-refractivity contribution < 1.29 is 4.74 Å². The summed E-state index contributed by atoms with van der Waals surface area (Å²) in [6, 6.07) is 9.11. The number of likely N-dealkylation sites (N-methyl/N-ethyl adjacent to an activating group) is 1. The van der Waals surface area contributed by atoms with Gasteiger partial charge >= 0.3 is 0 Å². The van der Waals surface area contributed by atoms with Crippen LogP contribution in [0.25, 0.3) is 17.3 Å². The minimum absolute atomic E-state index is 0.852. The van der Waals surface area contributed by atoms with Crippen molar-refractivity contribution in [2.75, 3.05) is 70.5 Å². The van der Waals surface area contributed by atoms with Crippen molar-refractivity contribution in [2.24, 2.45) is 0 Å².